The van der Waals surface area contributed by atoms with E-state index in [2.05, 4.69) is 20.3 Å². The van der Waals surface area contributed by atoms with Gasteiger partial charge < -0.3 is 15.0 Å². The van der Waals surface area contributed by atoms with Gasteiger partial charge in [0, 0.05) is 24.0 Å². The van der Waals surface area contributed by atoms with Crippen molar-refractivity contribution >= 4 is 17.7 Å². The van der Waals surface area contributed by atoms with Gasteiger partial charge in [-0.1, -0.05) is 6.07 Å². The van der Waals surface area contributed by atoms with Gasteiger partial charge in [0.1, 0.15) is 11.6 Å². The van der Waals surface area contributed by atoms with E-state index >= 15 is 0 Å². The number of hydrogen-bond acceptors (Lipinski definition) is 6. The Morgan fingerprint density at radius 1 is 1.12 bits per heavy atom. The Morgan fingerprint density at radius 2 is 1.91 bits per heavy atom. The predicted octanol–water partition coefficient (Wildman–Crippen LogP) is 4.25. The maximum Gasteiger partial charge on any atom is 0.261 e. The third-order valence-corrected chi connectivity index (χ3v) is 5.15. The molecule has 32 heavy (non-hydrogen) atoms. The lowest BCUT2D eigenvalue weighted by atomic mass is 10.1. The van der Waals surface area contributed by atoms with Crippen LogP contribution in [0.4, 0.5) is 20.5 Å². The van der Waals surface area contributed by atoms with E-state index in [1.54, 1.807) is 4.90 Å². The van der Waals surface area contributed by atoms with E-state index in [9.17, 15) is 13.6 Å². The van der Waals surface area contributed by atoms with Gasteiger partial charge in [0.25, 0.3) is 5.91 Å². The fraction of sp³-hybridized carbons (Fsp3) is 0.304. The van der Waals surface area contributed by atoms with Crippen molar-refractivity contribution in [1.82, 2.24) is 19.9 Å². The number of ether oxygens (including phenoxy) is 1. The Bertz CT molecular complexity index is 1120. The zero-order valence-corrected chi connectivity index (χ0v) is 17.8. The van der Waals surface area contributed by atoms with Crippen molar-refractivity contribution in [3.05, 3.63) is 71.2 Å². The monoisotopic (exact) mass is 439 g/mol. The minimum Gasteiger partial charge on any atom is -0.481 e. The average molecular weight is 439 g/mol. The van der Waals surface area contributed by atoms with Crippen LogP contribution in [0, 0.1) is 25.5 Å². The number of rotatable bonds is 6. The number of aryl methyl sites for hydroxylation is 2. The van der Waals surface area contributed by atoms with E-state index in [0.29, 0.717) is 18.3 Å². The number of carbonyl (C=O) groups excluding carboxylic acids is 1. The van der Waals surface area contributed by atoms with E-state index < -0.39 is 11.6 Å². The Morgan fingerprint density at radius 3 is 2.66 bits per heavy atom. The zero-order valence-electron chi connectivity index (χ0n) is 17.8. The standard InChI is InChI=1S/C23H23F2N5O2/c1-14-11-15(2)27-23(26-14)29-21-7-3-5-18(28-21)19-6-4-10-30(19)22(31)13-32-20-9-8-16(24)12-17(20)25/h3,5,7-9,11-12,19H,4,6,10,13H2,1-2H3,(H,26,27,28,29). The Hall–Kier alpha value is -3.62. The minimum absolute atomic E-state index is 0.159. The lowest BCUT2D eigenvalue weighted by Gasteiger charge is -2.24. The third kappa shape index (κ3) is 4.99. The second-order valence-corrected chi connectivity index (χ2v) is 7.66. The van der Waals surface area contributed by atoms with Crippen LogP contribution in [-0.2, 0) is 4.79 Å². The summed E-state index contributed by atoms with van der Waals surface area (Å²) in [7, 11) is 0. The molecule has 7 nitrogen and oxygen atoms in total. The first kappa shape index (κ1) is 21.6. The second kappa shape index (κ2) is 9.25. The van der Waals surface area contributed by atoms with Gasteiger partial charge in [-0.25, -0.2) is 23.7 Å². The van der Waals surface area contributed by atoms with Crippen LogP contribution in [0.5, 0.6) is 5.75 Å². The molecule has 2 aromatic heterocycles. The maximum absolute atomic E-state index is 13.8. The summed E-state index contributed by atoms with van der Waals surface area (Å²) in [6.45, 7) is 4.00. The molecule has 1 aliphatic heterocycles. The number of likely N-dealkylation sites (tertiary alicyclic amines) is 1. The van der Waals surface area contributed by atoms with E-state index in [4.69, 9.17) is 4.74 Å². The van der Waals surface area contributed by atoms with Gasteiger partial charge in [-0.3, -0.25) is 4.79 Å². The van der Waals surface area contributed by atoms with Crippen molar-refractivity contribution in [1.29, 1.82) is 0 Å². The topological polar surface area (TPSA) is 80.2 Å². The second-order valence-electron chi connectivity index (χ2n) is 7.66. The molecule has 1 unspecified atom stereocenters. The molecule has 1 aromatic carbocycles. The molecule has 1 aliphatic rings. The van der Waals surface area contributed by atoms with Crippen molar-refractivity contribution < 1.29 is 18.3 Å². The van der Waals surface area contributed by atoms with Crippen LogP contribution in [0.2, 0.25) is 0 Å². The first-order valence-corrected chi connectivity index (χ1v) is 10.3. The molecule has 0 spiro atoms. The maximum atomic E-state index is 13.8. The van der Waals surface area contributed by atoms with Gasteiger partial charge in [-0.15, -0.1) is 0 Å². The molecular formula is C23H23F2N5O2. The zero-order chi connectivity index (χ0) is 22.7. The molecular weight excluding hydrogens is 416 g/mol. The fourth-order valence-corrected chi connectivity index (χ4v) is 3.79. The van der Waals surface area contributed by atoms with Gasteiger partial charge in [-0.05, 0) is 57.0 Å². The van der Waals surface area contributed by atoms with Crippen LogP contribution < -0.4 is 10.1 Å². The van der Waals surface area contributed by atoms with E-state index in [0.717, 1.165) is 42.1 Å². The van der Waals surface area contributed by atoms with Crippen LogP contribution in [0.3, 0.4) is 0 Å². The van der Waals surface area contributed by atoms with Crippen molar-refractivity contribution in [3.8, 4) is 5.75 Å². The molecule has 4 rings (SSSR count). The predicted molar refractivity (Wildman–Crippen MR) is 115 cm³/mol. The highest BCUT2D eigenvalue weighted by Gasteiger charge is 2.31. The van der Waals surface area contributed by atoms with Gasteiger partial charge in [0.15, 0.2) is 18.2 Å². The van der Waals surface area contributed by atoms with Crippen molar-refractivity contribution in [2.24, 2.45) is 0 Å². The number of anilines is 2. The van der Waals surface area contributed by atoms with E-state index in [-0.39, 0.29) is 24.3 Å². The van der Waals surface area contributed by atoms with E-state index in [1.807, 2.05) is 38.1 Å². The average Bonchev–Trinajstić information content (AvgIpc) is 3.22. The molecule has 1 fully saturated rings. The van der Waals surface area contributed by atoms with Gasteiger partial charge >= 0.3 is 0 Å². The number of nitrogens with zero attached hydrogens (tertiary/aromatic N) is 4. The van der Waals surface area contributed by atoms with Crippen molar-refractivity contribution in [2.45, 2.75) is 32.7 Å². The summed E-state index contributed by atoms with van der Waals surface area (Å²) in [5.74, 6) is -0.948. The fourth-order valence-electron chi connectivity index (χ4n) is 3.79. The van der Waals surface area contributed by atoms with Crippen LogP contribution in [-0.4, -0.2) is 38.9 Å². The Kier molecular flexibility index (Phi) is 6.25. The Balaban J connectivity index is 1.45. The smallest absolute Gasteiger partial charge is 0.261 e. The molecule has 1 N–H and O–H groups in total. The largest absolute Gasteiger partial charge is 0.481 e. The molecule has 1 amide bonds. The quantitative estimate of drug-likeness (QED) is 0.619. The highest BCUT2D eigenvalue weighted by molar-refractivity contribution is 5.78. The summed E-state index contributed by atoms with van der Waals surface area (Å²) in [6.07, 6.45) is 1.58. The number of pyridine rings is 1. The number of hydrogen-bond donors (Lipinski definition) is 1. The molecule has 1 saturated heterocycles. The summed E-state index contributed by atoms with van der Waals surface area (Å²) in [4.78, 5) is 27.8. The van der Waals surface area contributed by atoms with Crippen LogP contribution >= 0.6 is 0 Å². The molecule has 1 atom stereocenters. The third-order valence-electron chi connectivity index (χ3n) is 5.15. The summed E-state index contributed by atoms with van der Waals surface area (Å²) < 4.78 is 32.1. The van der Waals surface area contributed by atoms with Crippen LogP contribution in [0.15, 0.2) is 42.5 Å². The van der Waals surface area contributed by atoms with E-state index in [1.165, 1.54) is 6.07 Å². The number of amides is 1. The number of nitrogens with one attached hydrogen (secondary N) is 1. The van der Waals surface area contributed by atoms with Crippen molar-refractivity contribution in [3.63, 3.8) is 0 Å². The van der Waals surface area contributed by atoms with Gasteiger partial charge in [-0.2, -0.15) is 0 Å². The lowest BCUT2D eigenvalue weighted by molar-refractivity contribution is -0.134. The number of halogens is 2. The molecule has 3 heterocycles. The normalized spacial score (nSPS) is 15.6. The molecule has 0 aliphatic carbocycles. The highest BCUT2D eigenvalue weighted by Crippen LogP contribution is 2.32. The Labute approximate surface area is 184 Å². The summed E-state index contributed by atoms with van der Waals surface area (Å²) in [6, 6.07) is 10.2. The first-order valence-electron chi connectivity index (χ1n) is 10.3. The molecule has 0 radical (unpaired) electrons. The number of benzene rings is 1. The van der Waals surface area contributed by atoms with Gasteiger partial charge in [0.05, 0.1) is 11.7 Å². The highest BCUT2D eigenvalue weighted by atomic mass is 19.1. The SMILES string of the molecule is Cc1cc(C)nc(Nc2cccc(C3CCCN3C(=O)COc3ccc(F)cc3F)n2)n1. The number of aromatic nitrogens is 3. The van der Waals surface area contributed by atoms with Crippen molar-refractivity contribution in [2.75, 3.05) is 18.5 Å². The minimum atomic E-state index is -0.843. The van der Waals surface area contributed by atoms with Crippen LogP contribution in [0.25, 0.3) is 0 Å². The summed E-state index contributed by atoms with van der Waals surface area (Å²) >= 11 is 0. The molecule has 0 bridgehead atoms. The first-order chi connectivity index (χ1) is 15.4. The molecule has 0 saturated carbocycles. The lowest BCUT2D eigenvalue weighted by Crippen LogP contribution is -2.34. The molecule has 9 heteroatoms. The summed E-state index contributed by atoms with van der Waals surface area (Å²) in [5, 5.41) is 3.12. The van der Waals surface area contributed by atoms with Crippen LogP contribution in [0.1, 0.15) is 36.0 Å². The summed E-state index contributed by atoms with van der Waals surface area (Å²) in [5.41, 5.74) is 2.43. The van der Waals surface area contributed by atoms with Gasteiger partial charge in [0.2, 0.25) is 5.95 Å². The number of carbonyl (C=O) groups is 1. The molecule has 166 valence electrons. The molecule has 3 aromatic rings.